The lowest BCUT2D eigenvalue weighted by molar-refractivity contribution is 0.0511. The normalized spacial score (nSPS) is 14.4. The summed E-state index contributed by atoms with van der Waals surface area (Å²) in [4.78, 5) is 0. The van der Waals surface area contributed by atoms with Crippen LogP contribution in [-0.2, 0) is 14.3 Å². The molecular weight excluding hydrogens is 300 g/mol. The van der Waals surface area contributed by atoms with Gasteiger partial charge in [0.2, 0.25) is 5.75 Å². The number of hydrogen-bond donors (Lipinski definition) is 1. The van der Waals surface area contributed by atoms with E-state index < -0.39 is 22.3 Å². The SMILES string of the molecule is COc1cc([C@H](O)[C@H](C)OS(C)(=O)=O)cc(OC)c1OC. The minimum atomic E-state index is -3.67. The largest absolute Gasteiger partial charge is 0.493 e. The predicted octanol–water partition coefficient (Wildman–Crippen LogP) is 1.11. The van der Waals surface area contributed by atoms with Crippen molar-refractivity contribution < 1.29 is 31.9 Å². The first-order valence-corrected chi connectivity index (χ1v) is 7.91. The molecule has 8 heteroatoms. The predicted molar refractivity (Wildman–Crippen MR) is 76.4 cm³/mol. The Morgan fingerprint density at radius 2 is 1.52 bits per heavy atom. The van der Waals surface area contributed by atoms with E-state index in [-0.39, 0.29) is 0 Å². The van der Waals surface area contributed by atoms with E-state index in [1.807, 2.05) is 0 Å². The molecule has 0 fully saturated rings. The maximum Gasteiger partial charge on any atom is 0.264 e. The molecule has 0 radical (unpaired) electrons. The second-order valence-corrected chi connectivity index (χ2v) is 6.01. The van der Waals surface area contributed by atoms with E-state index in [1.165, 1.54) is 40.4 Å². The van der Waals surface area contributed by atoms with Crippen LogP contribution < -0.4 is 14.2 Å². The zero-order valence-corrected chi connectivity index (χ0v) is 13.4. The van der Waals surface area contributed by atoms with Crippen molar-refractivity contribution in [3.8, 4) is 17.2 Å². The van der Waals surface area contributed by atoms with Crippen LogP contribution in [0.1, 0.15) is 18.6 Å². The van der Waals surface area contributed by atoms with Crippen molar-refractivity contribution in [3.63, 3.8) is 0 Å². The molecule has 1 N–H and O–H groups in total. The van der Waals surface area contributed by atoms with Crippen LogP contribution in [0.4, 0.5) is 0 Å². The van der Waals surface area contributed by atoms with Gasteiger partial charge in [0.05, 0.1) is 27.6 Å². The molecule has 0 spiro atoms. The number of rotatable bonds is 7. The van der Waals surface area contributed by atoms with Crippen molar-refractivity contribution >= 4 is 10.1 Å². The minimum Gasteiger partial charge on any atom is -0.493 e. The fourth-order valence-corrected chi connectivity index (χ4v) is 2.53. The Labute approximate surface area is 124 Å². The van der Waals surface area contributed by atoms with E-state index in [1.54, 1.807) is 0 Å². The summed E-state index contributed by atoms with van der Waals surface area (Å²) in [5.74, 6) is 1.10. The number of hydrogen-bond acceptors (Lipinski definition) is 7. The molecule has 0 aliphatic carbocycles. The molecule has 0 unspecified atom stereocenters. The molecule has 1 aromatic rings. The van der Waals surface area contributed by atoms with Crippen LogP contribution in [0.3, 0.4) is 0 Å². The van der Waals surface area contributed by atoms with Crippen LogP contribution >= 0.6 is 0 Å². The molecular formula is C13H20O7S. The third-order valence-electron chi connectivity index (χ3n) is 2.80. The van der Waals surface area contributed by atoms with E-state index in [4.69, 9.17) is 18.4 Å². The maximum atomic E-state index is 11.1. The van der Waals surface area contributed by atoms with Gasteiger partial charge < -0.3 is 19.3 Å². The van der Waals surface area contributed by atoms with Gasteiger partial charge in [-0.25, -0.2) is 0 Å². The smallest absolute Gasteiger partial charge is 0.264 e. The lowest BCUT2D eigenvalue weighted by Gasteiger charge is -2.21. The van der Waals surface area contributed by atoms with Crippen molar-refractivity contribution in [3.05, 3.63) is 17.7 Å². The van der Waals surface area contributed by atoms with Gasteiger partial charge in [0.25, 0.3) is 10.1 Å². The summed E-state index contributed by atoms with van der Waals surface area (Å²) in [6, 6.07) is 3.07. The van der Waals surface area contributed by atoms with Crippen LogP contribution in [0.25, 0.3) is 0 Å². The first-order chi connectivity index (χ1) is 9.73. The van der Waals surface area contributed by atoms with Crippen LogP contribution in [0.5, 0.6) is 17.2 Å². The lowest BCUT2D eigenvalue weighted by atomic mass is 10.0. The summed E-state index contributed by atoms with van der Waals surface area (Å²) in [5.41, 5.74) is 0.389. The van der Waals surface area contributed by atoms with Gasteiger partial charge >= 0.3 is 0 Å². The van der Waals surface area contributed by atoms with E-state index in [0.717, 1.165) is 6.26 Å². The molecule has 7 nitrogen and oxygen atoms in total. The molecule has 0 saturated carbocycles. The van der Waals surface area contributed by atoms with Gasteiger partial charge in [-0.05, 0) is 24.6 Å². The number of aliphatic hydroxyl groups is 1. The summed E-state index contributed by atoms with van der Waals surface area (Å²) >= 11 is 0. The van der Waals surface area contributed by atoms with Crippen molar-refractivity contribution in [1.29, 1.82) is 0 Å². The highest BCUT2D eigenvalue weighted by Gasteiger charge is 2.24. The van der Waals surface area contributed by atoms with Crippen LogP contribution in [0, 0.1) is 0 Å². The molecule has 21 heavy (non-hydrogen) atoms. The molecule has 0 aliphatic heterocycles. The van der Waals surface area contributed by atoms with Crippen molar-refractivity contribution in [2.75, 3.05) is 27.6 Å². The van der Waals surface area contributed by atoms with E-state index in [9.17, 15) is 13.5 Å². The molecule has 2 atom stereocenters. The summed E-state index contributed by atoms with van der Waals surface area (Å²) in [7, 11) is 0.693. The van der Waals surface area contributed by atoms with E-state index in [2.05, 4.69) is 0 Å². The Morgan fingerprint density at radius 1 is 1.05 bits per heavy atom. The fraction of sp³-hybridized carbons (Fsp3) is 0.538. The number of benzene rings is 1. The first-order valence-electron chi connectivity index (χ1n) is 6.09. The topological polar surface area (TPSA) is 91.3 Å². The van der Waals surface area contributed by atoms with Crippen molar-refractivity contribution in [2.45, 2.75) is 19.1 Å². The Hall–Kier alpha value is -1.51. The quantitative estimate of drug-likeness (QED) is 0.752. The number of aliphatic hydroxyl groups excluding tert-OH is 1. The summed E-state index contributed by atoms with van der Waals surface area (Å²) in [6.45, 7) is 1.45. The van der Waals surface area contributed by atoms with Gasteiger partial charge in [-0.1, -0.05) is 0 Å². The highest BCUT2D eigenvalue weighted by molar-refractivity contribution is 7.86. The highest BCUT2D eigenvalue weighted by Crippen LogP contribution is 2.40. The monoisotopic (exact) mass is 320 g/mol. The summed E-state index contributed by atoms with van der Waals surface area (Å²) in [5, 5.41) is 10.2. The lowest BCUT2D eigenvalue weighted by Crippen LogP contribution is -2.22. The number of methoxy groups -OCH3 is 3. The average molecular weight is 320 g/mol. The Morgan fingerprint density at radius 3 is 1.86 bits per heavy atom. The van der Waals surface area contributed by atoms with Crippen LogP contribution in [0.2, 0.25) is 0 Å². The van der Waals surface area contributed by atoms with Gasteiger partial charge in [-0.3, -0.25) is 4.18 Å². The van der Waals surface area contributed by atoms with Gasteiger partial charge in [-0.15, -0.1) is 0 Å². The van der Waals surface area contributed by atoms with Crippen LogP contribution in [0.15, 0.2) is 12.1 Å². The second kappa shape index (κ2) is 6.97. The Kier molecular flexibility index (Phi) is 5.82. The minimum absolute atomic E-state index is 0.359. The molecule has 0 aromatic heterocycles. The molecule has 0 saturated heterocycles. The third-order valence-corrected chi connectivity index (χ3v) is 3.45. The standard InChI is InChI=1S/C13H20O7S/c1-8(20-21(5,15)16)12(14)9-6-10(17-2)13(19-4)11(7-9)18-3/h6-8,12,14H,1-5H3/t8-,12+/m0/s1. The molecule has 120 valence electrons. The van der Waals surface area contributed by atoms with Crippen molar-refractivity contribution in [2.24, 2.45) is 0 Å². The van der Waals surface area contributed by atoms with E-state index in [0.29, 0.717) is 22.8 Å². The summed E-state index contributed by atoms with van der Waals surface area (Å²) < 4.78 is 42.5. The van der Waals surface area contributed by atoms with Gasteiger partial charge in [0, 0.05) is 0 Å². The molecule has 0 amide bonds. The molecule has 0 bridgehead atoms. The molecule has 0 aliphatic rings. The Bertz CT molecular complexity index is 557. The van der Waals surface area contributed by atoms with Gasteiger partial charge in [0.15, 0.2) is 11.5 Å². The van der Waals surface area contributed by atoms with Gasteiger partial charge in [-0.2, -0.15) is 8.42 Å². The fourth-order valence-electron chi connectivity index (χ4n) is 1.87. The zero-order valence-electron chi connectivity index (χ0n) is 12.6. The van der Waals surface area contributed by atoms with Crippen molar-refractivity contribution in [1.82, 2.24) is 0 Å². The van der Waals surface area contributed by atoms with E-state index >= 15 is 0 Å². The molecule has 0 heterocycles. The Balaban J connectivity index is 3.18. The highest BCUT2D eigenvalue weighted by atomic mass is 32.2. The number of ether oxygens (including phenoxy) is 3. The average Bonchev–Trinajstić information content (AvgIpc) is 2.42. The molecule has 1 aromatic carbocycles. The first kappa shape index (κ1) is 17.5. The molecule has 1 rings (SSSR count). The third kappa shape index (κ3) is 4.48. The zero-order chi connectivity index (χ0) is 16.2. The van der Waals surface area contributed by atoms with Crippen LogP contribution in [-0.4, -0.2) is 47.2 Å². The summed E-state index contributed by atoms with van der Waals surface area (Å²) in [6.07, 6.45) is -1.21. The maximum absolute atomic E-state index is 11.1. The van der Waals surface area contributed by atoms with Gasteiger partial charge in [0.1, 0.15) is 12.2 Å². The second-order valence-electron chi connectivity index (χ2n) is 4.41.